The van der Waals surface area contributed by atoms with Crippen LogP contribution in [0.25, 0.3) is 0 Å². The molecular formula is C61H86Cl2F2N8O8. The van der Waals surface area contributed by atoms with Gasteiger partial charge in [-0.05, 0) is 155 Å². The second kappa shape index (κ2) is 28.4. The Morgan fingerprint density at radius 1 is 0.580 bits per heavy atom. The lowest BCUT2D eigenvalue weighted by Crippen LogP contribution is -2.59. The lowest BCUT2D eigenvalue weighted by molar-refractivity contribution is -0.144. The summed E-state index contributed by atoms with van der Waals surface area (Å²) in [7, 11) is 3.28. The van der Waals surface area contributed by atoms with Gasteiger partial charge in [0.15, 0.2) is 11.6 Å². The van der Waals surface area contributed by atoms with Crippen molar-refractivity contribution in [3.8, 4) is 0 Å². The first-order valence-electron chi connectivity index (χ1n) is 27.7. The van der Waals surface area contributed by atoms with Gasteiger partial charge in [0.25, 0.3) is 0 Å². The highest BCUT2D eigenvalue weighted by atomic mass is 35.5. The van der Waals surface area contributed by atoms with Crippen molar-refractivity contribution >= 4 is 71.8 Å². The summed E-state index contributed by atoms with van der Waals surface area (Å²) in [5.74, 6) is -4.83. The molecule has 20 heteroatoms. The van der Waals surface area contributed by atoms with E-state index in [0.717, 1.165) is 35.1 Å². The standard InChI is InChI=1S/C60H80F2N8O8.CH4.2ClH/c1-33(63-9)53(73)67-51(59(3,4)5)57(77)69-31-35(24-47(69)55(75)65-45-18-12-14-37-29-41(61)20-22-43(37)45)26-49(71)39-16-11-17-40(28-39)50(72)27-36-25-48(56(76)66-46-19-13-15-38-30-42(62)21-23-44(38)46)70(32-36)58(78)52(60(6,7)8)68-54(74)34(2)64-10;;;/h11,16-17,20-23,28-30,33-36,45-48,51-52,63-64H,12-15,18-19,24-27,31-32H2,1-10H3,(H,65,75)(H,66,76)(H,67,73)(H,68,74);1H4;2*1H/t33-,34-,35+,36+,45?,46?,47-,48-,51+,52+;;;/m0.../s1. The van der Waals surface area contributed by atoms with Crippen molar-refractivity contribution in [2.45, 2.75) is 175 Å². The number of Topliss-reactive ketones (excluding diaryl/α,β-unsaturated/α-hetero) is 2. The predicted octanol–water partition coefficient (Wildman–Crippen LogP) is 7.69. The molecule has 2 aliphatic carbocycles. The number of likely N-dealkylation sites (N-methyl/N-ethyl adjacent to an activating group) is 2. The Morgan fingerprint density at radius 3 is 1.30 bits per heavy atom. The maximum Gasteiger partial charge on any atom is 0.246 e. The SMILES string of the molecule is C.CN[C@@H](C)C(=O)N[C@H](C(=O)N1C[C@@H](CC(=O)c2cccc(C(=O)C[C@H]3C[C@@H](C(=O)NC4CCCc5cc(F)ccc54)N(C(=O)[C@@H](NC(=O)[C@H](C)NC)C(C)(C)C)C3)c2)C[C@H]1C(=O)NC1CCCc2cc(F)ccc21)C(C)(C)C.Cl.Cl. The maximum atomic E-state index is 14.7. The quantitative estimate of drug-likeness (QED) is 0.0683. The Kier molecular flexibility index (Phi) is 23.8. The average molecular weight is 1170 g/mol. The molecule has 3 aromatic carbocycles. The van der Waals surface area contributed by atoms with E-state index in [0.29, 0.717) is 25.7 Å². The third kappa shape index (κ3) is 16.3. The fourth-order valence-corrected chi connectivity index (χ4v) is 11.6. The fraction of sp³-hybridized carbons (Fsp3) is 0.574. The van der Waals surface area contributed by atoms with Gasteiger partial charge in [0, 0.05) is 37.1 Å². The van der Waals surface area contributed by atoms with Gasteiger partial charge in [-0.2, -0.15) is 0 Å². The summed E-state index contributed by atoms with van der Waals surface area (Å²) in [6, 6.07) is 9.38. The second-order valence-electron chi connectivity index (χ2n) is 24.3. The number of carbonyl (C=O) groups excluding carboxylic acids is 8. The smallest absolute Gasteiger partial charge is 0.246 e. The first-order chi connectivity index (χ1) is 36.8. The second-order valence-corrected chi connectivity index (χ2v) is 24.3. The van der Waals surface area contributed by atoms with Crippen LogP contribution in [0.15, 0.2) is 60.7 Å². The number of hydrogen-bond acceptors (Lipinski definition) is 10. The minimum atomic E-state index is -1.02. The number of nitrogens with zero attached hydrogens (tertiary/aromatic N) is 2. The lowest BCUT2D eigenvalue weighted by atomic mass is 9.85. The predicted molar refractivity (Wildman–Crippen MR) is 313 cm³/mol. The molecule has 0 radical (unpaired) electrons. The number of aryl methyl sites for hydroxylation is 2. The number of fused-ring (bicyclic) bond motifs is 2. The number of rotatable bonds is 18. The molecule has 3 aromatic rings. The lowest BCUT2D eigenvalue weighted by Gasteiger charge is -2.36. The van der Waals surface area contributed by atoms with Gasteiger partial charge in [0.2, 0.25) is 35.4 Å². The summed E-state index contributed by atoms with van der Waals surface area (Å²) >= 11 is 0. The van der Waals surface area contributed by atoms with E-state index in [1.54, 1.807) is 58.3 Å². The normalized spacial score (nSPS) is 21.9. The molecule has 2 saturated heterocycles. The fourth-order valence-electron chi connectivity index (χ4n) is 11.6. The Bertz CT molecular complexity index is 2610. The van der Waals surface area contributed by atoms with Crippen LogP contribution < -0.4 is 31.9 Å². The van der Waals surface area contributed by atoms with E-state index in [4.69, 9.17) is 0 Å². The van der Waals surface area contributed by atoms with Crippen LogP contribution in [0.5, 0.6) is 0 Å². The zero-order chi connectivity index (χ0) is 57.0. The highest BCUT2D eigenvalue weighted by molar-refractivity contribution is 6.02. The van der Waals surface area contributed by atoms with Crippen LogP contribution >= 0.6 is 24.8 Å². The van der Waals surface area contributed by atoms with Crippen LogP contribution in [0.2, 0.25) is 0 Å². The number of likely N-dealkylation sites (tertiary alicyclic amines) is 2. The van der Waals surface area contributed by atoms with Gasteiger partial charge in [-0.15, -0.1) is 24.8 Å². The van der Waals surface area contributed by atoms with E-state index >= 15 is 0 Å². The van der Waals surface area contributed by atoms with Gasteiger partial charge in [0.1, 0.15) is 35.8 Å². The first kappa shape index (κ1) is 67.7. The summed E-state index contributed by atoms with van der Waals surface area (Å²) in [6.07, 6.45) is 4.19. The van der Waals surface area contributed by atoms with Crippen molar-refractivity contribution in [3.05, 3.63) is 106 Å². The molecule has 0 saturated carbocycles. The Hall–Kier alpha value is -5.82. The molecule has 16 nitrogen and oxygen atoms in total. The average Bonchev–Trinajstić information content (AvgIpc) is 4.02. The van der Waals surface area contributed by atoms with E-state index in [2.05, 4.69) is 31.9 Å². The summed E-state index contributed by atoms with van der Waals surface area (Å²) in [4.78, 5) is 116. The summed E-state index contributed by atoms with van der Waals surface area (Å²) in [5, 5.41) is 17.9. The molecule has 0 bridgehead atoms. The van der Waals surface area contributed by atoms with E-state index < -0.39 is 106 Å². The minimum Gasteiger partial charge on any atom is -0.347 e. The molecule has 2 fully saturated rings. The zero-order valence-corrected chi connectivity index (χ0v) is 49.4. The van der Waals surface area contributed by atoms with Gasteiger partial charge in [-0.25, -0.2) is 8.78 Å². The topological polar surface area (TPSA) is 215 Å². The molecule has 6 amide bonds. The molecule has 7 rings (SSSR count). The number of halogens is 4. The largest absolute Gasteiger partial charge is 0.347 e. The molecular weight excluding hydrogens is 1080 g/mol. The first-order valence-corrected chi connectivity index (χ1v) is 27.7. The van der Waals surface area contributed by atoms with E-state index in [-0.39, 0.29) is 105 Å². The molecule has 4 aliphatic rings. The maximum absolute atomic E-state index is 14.7. The van der Waals surface area contributed by atoms with Crippen LogP contribution in [0, 0.1) is 34.3 Å². The van der Waals surface area contributed by atoms with Gasteiger partial charge in [-0.1, -0.05) is 79.3 Å². The van der Waals surface area contributed by atoms with Gasteiger partial charge in [-0.3, -0.25) is 38.4 Å². The Labute approximate surface area is 489 Å². The van der Waals surface area contributed by atoms with Crippen molar-refractivity contribution in [2.75, 3.05) is 27.2 Å². The third-order valence-corrected chi connectivity index (χ3v) is 16.3. The number of ketones is 2. The van der Waals surface area contributed by atoms with Gasteiger partial charge < -0.3 is 41.7 Å². The van der Waals surface area contributed by atoms with Crippen LogP contribution in [0.4, 0.5) is 8.78 Å². The Morgan fingerprint density at radius 2 is 0.951 bits per heavy atom. The molecule has 0 spiro atoms. The summed E-state index contributed by atoms with van der Waals surface area (Å²) in [6.45, 7) is 14.4. The molecule has 81 heavy (non-hydrogen) atoms. The van der Waals surface area contributed by atoms with Crippen LogP contribution in [0.1, 0.15) is 169 Å². The van der Waals surface area contributed by atoms with Crippen molar-refractivity contribution in [1.29, 1.82) is 0 Å². The monoisotopic (exact) mass is 1170 g/mol. The van der Waals surface area contributed by atoms with Crippen LogP contribution in [-0.2, 0) is 41.6 Å². The highest BCUT2D eigenvalue weighted by Crippen LogP contribution is 2.37. The molecule has 0 aromatic heterocycles. The highest BCUT2D eigenvalue weighted by Gasteiger charge is 2.48. The molecule has 2 unspecified atom stereocenters. The Balaban J connectivity index is 0.00000470. The van der Waals surface area contributed by atoms with Crippen molar-refractivity contribution in [2.24, 2.45) is 22.7 Å². The van der Waals surface area contributed by atoms with Crippen molar-refractivity contribution < 1.29 is 47.1 Å². The number of benzene rings is 3. The van der Waals surface area contributed by atoms with E-state index in [1.165, 1.54) is 40.1 Å². The summed E-state index contributed by atoms with van der Waals surface area (Å²) < 4.78 is 28.5. The minimum absolute atomic E-state index is 0. The number of amides is 6. The summed E-state index contributed by atoms with van der Waals surface area (Å²) in [5.41, 5.74) is 2.22. The number of nitrogens with one attached hydrogen (secondary N) is 6. The molecule has 446 valence electrons. The van der Waals surface area contributed by atoms with Crippen molar-refractivity contribution in [3.63, 3.8) is 0 Å². The molecule has 2 aliphatic heterocycles. The molecule has 10 atom stereocenters. The van der Waals surface area contributed by atoms with E-state index in [1.807, 2.05) is 41.5 Å². The van der Waals surface area contributed by atoms with Gasteiger partial charge >= 0.3 is 0 Å². The number of hydrogen-bond donors (Lipinski definition) is 6. The van der Waals surface area contributed by atoms with Crippen LogP contribution in [-0.4, -0.2) is 120 Å². The molecule has 2 heterocycles. The molecule has 6 N–H and O–H groups in total. The van der Waals surface area contributed by atoms with E-state index in [9.17, 15) is 47.1 Å². The van der Waals surface area contributed by atoms with Crippen molar-refractivity contribution in [1.82, 2.24) is 41.7 Å². The zero-order valence-electron chi connectivity index (χ0n) is 47.8. The number of carbonyl (C=O) groups is 8. The third-order valence-electron chi connectivity index (χ3n) is 16.3. The van der Waals surface area contributed by atoms with Crippen LogP contribution in [0.3, 0.4) is 0 Å². The van der Waals surface area contributed by atoms with Gasteiger partial charge in [0.05, 0.1) is 24.2 Å².